The van der Waals surface area contributed by atoms with Gasteiger partial charge in [-0.25, -0.2) is 8.42 Å². The maximum absolute atomic E-state index is 12.6. The molecule has 0 bridgehead atoms. The van der Waals surface area contributed by atoms with Crippen molar-refractivity contribution in [3.63, 3.8) is 0 Å². The van der Waals surface area contributed by atoms with E-state index in [1.807, 2.05) is 12.1 Å². The highest BCUT2D eigenvalue weighted by atomic mass is 32.2. The summed E-state index contributed by atoms with van der Waals surface area (Å²) in [4.78, 5) is 0.0826. The van der Waals surface area contributed by atoms with Gasteiger partial charge in [0.05, 0.1) is 0 Å². The largest absolute Gasteiger partial charge is 0.360 e. The zero-order valence-corrected chi connectivity index (χ0v) is 17.4. The first-order chi connectivity index (χ1) is 13.4. The molecule has 0 fully saturated rings. The molecule has 0 spiro atoms. The third kappa shape index (κ3) is 4.04. The lowest BCUT2D eigenvalue weighted by Crippen LogP contribution is -2.14. The molecule has 0 aliphatic rings. The second-order valence-corrected chi connectivity index (χ2v) is 8.24. The molecule has 28 heavy (non-hydrogen) atoms. The molecule has 2 N–H and O–H groups in total. The van der Waals surface area contributed by atoms with Crippen molar-refractivity contribution in [2.75, 3.05) is 10.0 Å². The molecular weight excluding hydrogens is 374 g/mol. The molecule has 148 valence electrons. The van der Waals surface area contributed by atoms with Crippen molar-refractivity contribution in [1.29, 1.82) is 0 Å². The van der Waals surface area contributed by atoms with Gasteiger partial charge in [0.2, 0.25) is 0 Å². The molecule has 2 aromatic carbocycles. The van der Waals surface area contributed by atoms with Crippen LogP contribution in [-0.4, -0.2) is 13.6 Å². The topological polar surface area (TPSA) is 84.2 Å². The second-order valence-electron chi connectivity index (χ2n) is 6.62. The zero-order valence-electron chi connectivity index (χ0n) is 16.5. The van der Waals surface area contributed by atoms with Gasteiger partial charge in [0, 0.05) is 17.1 Å². The molecule has 6 nitrogen and oxygen atoms in total. The van der Waals surface area contributed by atoms with Gasteiger partial charge in [-0.2, -0.15) is 0 Å². The van der Waals surface area contributed by atoms with E-state index in [-0.39, 0.29) is 10.7 Å². The number of para-hydroxylation sites is 1. The minimum absolute atomic E-state index is 0.0826. The molecule has 0 radical (unpaired) electrons. The number of anilines is 3. The lowest BCUT2D eigenvalue weighted by atomic mass is 10.0. The quantitative estimate of drug-likeness (QED) is 0.586. The summed E-state index contributed by atoms with van der Waals surface area (Å²) in [6, 6.07) is 13.5. The third-order valence-electron chi connectivity index (χ3n) is 4.64. The molecule has 7 heteroatoms. The van der Waals surface area contributed by atoms with E-state index in [4.69, 9.17) is 4.52 Å². The van der Waals surface area contributed by atoms with E-state index in [9.17, 15) is 8.42 Å². The Morgan fingerprint density at radius 1 is 0.929 bits per heavy atom. The minimum Gasteiger partial charge on any atom is -0.360 e. The van der Waals surface area contributed by atoms with E-state index in [1.54, 1.807) is 26.0 Å². The second kappa shape index (κ2) is 8.06. The fourth-order valence-corrected chi connectivity index (χ4v) is 4.62. The summed E-state index contributed by atoms with van der Waals surface area (Å²) in [6.45, 7) is 7.45. The average Bonchev–Trinajstić information content (AvgIpc) is 3.02. The lowest BCUT2D eigenvalue weighted by Gasteiger charge is -2.16. The average molecular weight is 400 g/mol. The van der Waals surface area contributed by atoms with Crippen molar-refractivity contribution >= 4 is 27.1 Å². The van der Waals surface area contributed by atoms with Crippen LogP contribution in [0.15, 0.2) is 51.9 Å². The van der Waals surface area contributed by atoms with Crippen LogP contribution in [-0.2, 0) is 22.9 Å². The Kier molecular flexibility index (Phi) is 5.74. The normalized spacial score (nSPS) is 11.4. The molecule has 0 aliphatic heterocycles. The van der Waals surface area contributed by atoms with Crippen molar-refractivity contribution in [3.05, 3.63) is 65.0 Å². The number of nitrogens with one attached hydrogen (secondary N) is 2. The summed E-state index contributed by atoms with van der Waals surface area (Å²) in [5, 5.41) is 7.19. The standard InChI is InChI=1S/C21H25N3O3S/c1-5-16-8-7-9-17(6-2)20(16)22-18-10-12-19(13-11-18)24-28(25,26)21-14(3)23-27-15(21)4/h7-13,22,24H,5-6H2,1-4H3. The molecule has 0 aliphatic carbocycles. The number of aromatic nitrogens is 1. The van der Waals surface area contributed by atoms with E-state index in [1.165, 1.54) is 11.1 Å². The Morgan fingerprint density at radius 3 is 2.00 bits per heavy atom. The maximum atomic E-state index is 12.6. The molecule has 1 aromatic heterocycles. The van der Waals surface area contributed by atoms with E-state index in [0.29, 0.717) is 11.4 Å². The van der Waals surface area contributed by atoms with E-state index in [0.717, 1.165) is 24.2 Å². The Bertz CT molecular complexity index is 1030. The Morgan fingerprint density at radius 2 is 1.50 bits per heavy atom. The van der Waals surface area contributed by atoms with Gasteiger partial charge in [0.15, 0.2) is 10.7 Å². The van der Waals surface area contributed by atoms with Crippen molar-refractivity contribution in [2.45, 2.75) is 45.4 Å². The number of hydrogen-bond donors (Lipinski definition) is 2. The zero-order chi connectivity index (χ0) is 20.3. The first-order valence-corrected chi connectivity index (χ1v) is 10.8. The third-order valence-corrected chi connectivity index (χ3v) is 6.27. The van der Waals surface area contributed by atoms with Crippen LogP contribution < -0.4 is 10.0 Å². The smallest absolute Gasteiger partial charge is 0.267 e. The lowest BCUT2D eigenvalue weighted by molar-refractivity contribution is 0.390. The molecule has 0 amide bonds. The van der Waals surface area contributed by atoms with Gasteiger partial charge in [0.25, 0.3) is 10.0 Å². The van der Waals surface area contributed by atoms with Crippen LogP contribution >= 0.6 is 0 Å². The van der Waals surface area contributed by atoms with Gasteiger partial charge in [-0.1, -0.05) is 37.2 Å². The van der Waals surface area contributed by atoms with Crippen LogP contribution in [0.1, 0.15) is 36.4 Å². The predicted molar refractivity (Wildman–Crippen MR) is 112 cm³/mol. The highest BCUT2D eigenvalue weighted by Crippen LogP contribution is 2.28. The first kappa shape index (κ1) is 19.9. The number of benzene rings is 2. The van der Waals surface area contributed by atoms with Crippen molar-refractivity contribution in [1.82, 2.24) is 5.16 Å². The van der Waals surface area contributed by atoms with Gasteiger partial charge in [0.1, 0.15) is 5.69 Å². The van der Waals surface area contributed by atoms with Gasteiger partial charge in [-0.05, 0) is 62.1 Å². The molecule has 0 saturated carbocycles. The van der Waals surface area contributed by atoms with Crippen LogP contribution in [0.3, 0.4) is 0 Å². The number of sulfonamides is 1. The Labute approximate surface area is 166 Å². The molecule has 3 aromatic rings. The fourth-order valence-electron chi connectivity index (χ4n) is 3.23. The van der Waals surface area contributed by atoms with Crippen LogP contribution in [0.4, 0.5) is 17.1 Å². The Balaban J connectivity index is 1.82. The number of nitrogens with zero attached hydrogens (tertiary/aromatic N) is 1. The first-order valence-electron chi connectivity index (χ1n) is 9.29. The molecule has 0 unspecified atom stereocenters. The van der Waals surface area contributed by atoms with E-state index >= 15 is 0 Å². The summed E-state index contributed by atoms with van der Waals surface area (Å²) in [6.07, 6.45) is 1.87. The summed E-state index contributed by atoms with van der Waals surface area (Å²) in [5.41, 5.74) is 5.34. The van der Waals surface area contributed by atoms with Gasteiger partial charge in [-0.15, -0.1) is 0 Å². The fraction of sp³-hybridized carbons (Fsp3) is 0.286. The summed E-state index contributed by atoms with van der Waals surface area (Å²) < 4.78 is 32.8. The van der Waals surface area contributed by atoms with Crippen molar-refractivity contribution in [2.24, 2.45) is 0 Å². The SMILES string of the molecule is CCc1cccc(CC)c1Nc1ccc(NS(=O)(=O)c2c(C)noc2C)cc1. The summed E-state index contributed by atoms with van der Waals surface area (Å²) in [7, 11) is -3.75. The molecule has 1 heterocycles. The molecule has 0 atom stereocenters. The van der Waals surface area contributed by atoms with Gasteiger partial charge in [-0.3, -0.25) is 4.72 Å². The minimum atomic E-state index is -3.75. The van der Waals surface area contributed by atoms with Crippen molar-refractivity contribution < 1.29 is 12.9 Å². The summed E-state index contributed by atoms with van der Waals surface area (Å²) >= 11 is 0. The van der Waals surface area contributed by atoms with E-state index < -0.39 is 10.0 Å². The number of aryl methyl sites for hydroxylation is 4. The Hall–Kier alpha value is -2.80. The number of hydrogen-bond acceptors (Lipinski definition) is 5. The van der Waals surface area contributed by atoms with Crippen LogP contribution in [0.25, 0.3) is 0 Å². The highest BCUT2D eigenvalue weighted by Gasteiger charge is 2.24. The van der Waals surface area contributed by atoms with Gasteiger partial charge >= 0.3 is 0 Å². The van der Waals surface area contributed by atoms with Crippen LogP contribution in [0, 0.1) is 13.8 Å². The maximum Gasteiger partial charge on any atom is 0.267 e. The summed E-state index contributed by atoms with van der Waals surface area (Å²) in [5.74, 6) is 0.270. The molecule has 0 saturated heterocycles. The molecular formula is C21H25N3O3S. The molecule has 3 rings (SSSR count). The van der Waals surface area contributed by atoms with E-state index in [2.05, 4.69) is 47.2 Å². The predicted octanol–water partition coefficient (Wildman–Crippen LogP) is 4.96. The van der Waals surface area contributed by atoms with Crippen LogP contribution in [0.5, 0.6) is 0 Å². The van der Waals surface area contributed by atoms with Crippen molar-refractivity contribution in [3.8, 4) is 0 Å². The monoisotopic (exact) mass is 399 g/mol. The van der Waals surface area contributed by atoms with Crippen LogP contribution in [0.2, 0.25) is 0 Å². The van der Waals surface area contributed by atoms with Gasteiger partial charge < -0.3 is 9.84 Å². The number of rotatable bonds is 7. The highest BCUT2D eigenvalue weighted by molar-refractivity contribution is 7.92.